The smallest absolute Gasteiger partial charge is 0.410 e. The Labute approximate surface area is 152 Å². The minimum absolute atomic E-state index is 0.103. The Morgan fingerprint density at radius 3 is 2.81 bits per heavy atom. The number of fused-ring (bicyclic) bond motifs is 1. The van der Waals surface area contributed by atoms with Crippen LogP contribution in [0.2, 0.25) is 0 Å². The number of nitrogens with one attached hydrogen (secondary N) is 1. The summed E-state index contributed by atoms with van der Waals surface area (Å²) in [4.78, 5) is 29.0. The highest BCUT2D eigenvalue weighted by molar-refractivity contribution is 6.02. The van der Waals surface area contributed by atoms with E-state index in [0.717, 1.165) is 23.0 Å². The standard InChI is InChI=1S/C19H24N4O3/c1-18(2,3)26-17(25)22-8-6-19(12-22)7-9-23(16(19)24)14-4-5-15-13(10-14)11-20-21-15/h4-5,10-11H,6-9,12H2,1-3H3,(H,20,21). The van der Waals surface area contributed by atoms with Gasteiger partial charge >= 0.3 is 6.09 Å². The fourth-order valence-electron chi connectivity index (χ4n) is 3.90. The molecule has 1 N–H and O–H groups in total. The first-order valence-corrected chi connectivity index (χ1v) is 9.01. The summed E-state index contributed by atoms with van der Waals surface area (Å²) in [6, 6.07) is 5.87. The molecule has 2 aliphatic heterocycles. The van der Waals surface area contributed by atoms with Crippen molar-refractivity contribution in [2.24, 2.45) is 5.41 Å². The zero-order chi connectivity index (χ0) is 18.5. The van der Waals surface area contributed by atoms with Crippen molar-refractivity contribution in [1.82, 2.24) is 15.1 Å². The molecule has 2 fully saturated rings. The fourth-order valence-corrected chi connectivity index (χ4v) is 3.90. The lowest BCUT2D eigenvalue weighted by Gasteiger charge is -2.26. The van der Waals surface area contributed by atoms with Crippen LogP contribution >= 0.6 is 0 Å². The number of likely N-dealkylation sites (tertiary alicyclic amines) is 1. The maximum Gasteiger partial charge on any atom is 0.410 e. The van der Waals surface area contributed by atoms with Crippen molar-refractivity contribution in [3.63, 3.8) is 0 Å². The molecule has 2 saturated heterocycles. The average Bonchev–Trinajstić information content (AvgIpc) is 3.27. The van der Waals surface area contributed by atoms with Crippen LogP contribution < -0.4 is 4.90 Å². The third-order valence-corrected chi connectivity index (χ3v) is 5.25. The van der Waals surface area contributed by atoms with Crippen LogP contribution in [0.15, 0.2) is 24.4 Å². The van der Waals surface area contributed by atoms with E-state index in [1.165, 1.54) is 0 Å². The molecule has 0 bridgehead atoms. The molecule has 7 heteroatoms. The molecule has 0 radical (unpaired) electrons. The molecule has 1 aromatic heterocycles. The zero-order valence-corrected chi connectivity index (χ0v) is 15.4. The molecule has 0 saturated carbocycles. The summed E-state index contributed by atoms with van der Waals surface area (Å²) in [5.74, 6) is 0.103. The highest BCUT2D eigenvalue weighted by Crippen LogP contribution is 2.43. The van der Waals surface area contributed by atoms with Crippen molar-refractivity contribution in [2.75, 3.05) is 24.5 Å². The summed E-state index contributed by atoms with van der Waals surface area (Å²) in [5, 5.41) is 7.94. The second-order valence-corrected chi connectivity index (χ2v) is 8.28. The van der Waals surface area contributed by atoms with Gasteiger partial charge in [0.2, 0.25) is 5.91 Å². The van der Waals surface area contributed by atoms with Gasteiger partial charge in [0.05, 0.1) is 17.1 Å². The molecule has 138 valence electrons. The third kappa shape index (κ3) is 2.81. The quantitative estimate of drug-likeness (QED) is 0.852. The van der Waals surface area contributed by atoms with Crippen molar-refractivity contribution >= 4 is 28.6 Å². The van der Waals surface area contributed by atoms with Crippen LogP contribution in [-0.4, -0.2) is 52.3 Å². The van der Waals surface area contributed by atoms with Crippen LogP contribution in [0.25, 0.3) is 10.9 Å². The van der Waals surface area contributed by atoms with Gasteiger partial charge < -0.3 is 14.5 Å². The molecule has 0 aliphatic carbocycles. The van der Waals surface area contributed by atoms with Crippen LogP contribution in [0, 0.1) is 5.41 Å². The molecule has 2 aliphatic rings. The van der Waals surface area contributed by atoms with E-state index in [1.807, 2.05) is 43.9 Å². The number of hydrogen-bond donors (Lipinski definition) is 1. The van der Waals surface area contributed by atoms with Gasteiger partial charge in [-0.1, -0.05) is 0 Å². The first-order chi connectivity index (χ1) is 12.3. The molecule has 26 heavy (non-hydrogen) atoms. The predicted molar refractivity (Wildman–Crippen MR) is 97.9 cm³/mol. The number of carbonyl (C=O) groups excluding carboxylic acids is 2. The van der Waals surface area contributed by atoms with E-state index < -0.39 is 11.0 Å². The van der Waals surface area contributed by atoms with Gasteiger partial charge in [-0.3, -0.25) is 9.89 Å². The number of rotatable bonds is 1. The number of aromatic nitrogens is 2. The van der Waals surface area contributed by atoms with E-state index in [-0.39, 0.29) is 12.0 Å². The summed E-state index contributed by atoms with van der Waals surface area (Å²) in [5.41, 5.74) is 0.824. The number of ether oxygens (including phenoxy) is 1. The molecule has 7 nitrogen and oxygen atoms in total. The van der Waals surface area contributed by atoms with Gasteiger partial charge in [-0.25, -0.2) is 4.79 Å². The highest BCUT2D eigenvalue weighted by atomic mass is 16.6. The van der Waals surface area contributed by atoms with Gasteiger partial charge in [-0.15, -0.1) is 0 Å². The summed E-state index contributed by atoms with van der Waals surface area (Å²) in [7, 11) is 0. The fraction of sp³-hybridized carbons (Fsp3) is 0.526. The molecular weight excluding hydrogens is 332 g/mol. The summed E-state index contributed by atoms with van der Waals surface area (Å²) >= 11 is 0. The van der Waals surface area contributed by atoms with Crippen molar-refractivity contribution in [1.29, 1.82) is 0 Å². The lowest BCUT2D eigenvalue weighted by molar-refractivity contribution is -0.124. The first kappa shape index (κ1) is 16.9. The maximum atomic E-state index is 13.2. The van der Waals surface area contributed by atoms with Gasteiger partial charge in [0.15, 0.2) is 0 Å². The average molecular weight is 356 g/mol. The summed E-state index contributed by atoms with van der Waals surface area (Å²) in [6.07, 6.45) is 2.87. The van der Waals surface area contributed by atoms with Crippen molar-refractivity contribution in [2.45, 2.75) is 39.2 Å². The Bertz CT molecular complexity index is 869. The molecule has 1 atom stereocenters. The second-order valence-electron chi connectivity index (χ2n) is 8.28. The van der Waals surface area contributed by atoms with Gasteiger partial charge in [-0.05, 0) is 51.8 Å². The van der Waals surface area contributed by atoms with Crippen LogP contribution in [0.1, 0.15) is 33.6 Å². The third-order valence-electron chi connectivity index (χ3n) is 5.25. The van der Waals surface area contributed by atoms with Crippen molar-refractivity contribution < 1.29 is 14.3 Å². The number of nitrogens with zero attached hydrogens (tertiary/aromatic N) is 3. The Balaban J connectivity index is 1.51. The predicted octanol–water partition coefficient (Wildman–Crippen LogP) is 2.93. The van der Waals surface area contributed by atoms with Crippen molar-refractivity contribution in [3.05, 3.63) is 24.4 Å². The van der Waals surface area contributed by atoms with E-state index in [0.29, 0.717) is 26.1 Å². The van der Waals surface area contributed by atoms with Gasteiger partial charge in [0.1, 0.15) is 5.60 Å². The van der Waals surface area contributed by atoms with Gasteiger partial charge in [0.25, 0.3) is 0 Å². The largest absolute Gasteiger partial charge is 0.444 e. The number of H-pyrrole nitrogens is 1. The molecule has 1 unspecified atom stereocenters. The SMILES string of the molecule is CC(C)(C)OC(=O)N1CCC2(CCN(c3ccc4[nH]ncc4c3)C2=O)C1. The molecule has 4 rings (SSSR count). The Morgan fingerprint density at radius 1 is 1.27 bits per heavy atom. The lowest BCUT2D eigenvalue weighted by atomic mass is 9.85. The number of aromatic amines is 1. The van der Waals surface area contributed by atoms with E-state index in [1.54, 1.807) is 11.1 Å². The second kappa shape index (κ2) is 5.72. The number of hydrogen-bond acceptors (Lipinski definition) is 4. The van der Waals surface area contributed by atoms with Crippen LogP contribution in [-0.2, 0) is 9.53 Å². The van der Waals surface area contributed by atoms with Crippen LogP contribution in [0.5, 0.6) is 0 Å². The molecular formula is C19H24N4O3. The number of anilines is 1. The Morgan fingerprint density at radius 2 is 2.04 bits per heavy atom. The van der Waals surface area contributed by atoms with E-state index in [4.69, 9.17) is 4.74 Å². The topological polar surface area (TPSA) is 78.5 Å². The maximum absolute atomic E-state index is 13.2. The monoisotopic (exact) mass is 356 g/mol. The van der Waals surface area contributed by atoms with Gasteiger partial charge in [0, 0.05) is 30.7 Å². The highest BCUT2D eigenvalue weighted by Gasteiger charge is 2.52. The van der Waals surface area contributed by atoms with E-state index in [2.05, 4.69) is 10.2 Å². The lowest BCUT2D eigenvalue weighted by Crippen LogP contribution is -2.40. The van der Waals surface area contributed by atoms with E-state index in [9.17, 15) is 9.59 Å². The minimum atomic E-state index is -0.529. The Hall–Kier alpha value is -2.57. The normalized spacial score (nSPS) is 23.4. The molecule has 1 spiro atoms. The van der Waals surface area contributed by atoms with Crippen LogP contribution in [0.4, 0.5) is 10.5 Å². The number of amides is 2. The van der Waals surface area contributed by atoms with Gasteiger partial charge in [-0.2, -0.15) is 5.10 Å². The molecule has 2 aromatic rings. The van der Waals surface area contributed by atoms with Crippen LogP contribution in [0.3, 0.4) is 0 Å². The Kier molecular flexibility index (Phi) is 3.71. The zero-order valence-electron chi connectivity index (χ0n) is 15.4. The molecule has 3 heterocycles. The minimum Gasteiger partial charge on any atom is -0.444 e. The van der Waals surface area contributed by atoms with Crippen molar-refractivity contribution in [3.8, 4) is 0 Å². The number of benzene rings is 1. The summed E-state index contributed by atoms with van der Waals surface area (Å²) < 4.78 is 5.46. The van der Waals surface area contributed by atoms with E-state index >= 15 is 0 Å². The molecule has 2 amide bonds. The number of carbonyl (C=O) groups is 2. The summed E-state index contributed by atoms with van der Waals surface area (Å²) in [6.45, 7) is 7.23. The first-order valence-electron chi connectivity index (χ1n) is 9.01. The molecule has 1 aromatic carbocycles.